The highest BCUT2D eigenvalue weighted by Crippen LogP contribution is 2.35. The van der Waals surface area contributed by atoms with Crippen molar-refractivity contribution in [2.45, 2.75) is 39.5 Å². The summed E-state index contributed by atoms with van der Waals surface area (Å²) in [7, 11) is 0. The van der Waals surface area contributed by atoms with E-state index in [1.165, 1.54) is 16.7 Å². The van der Waals surface area contributed by atoms with Crippen LogP contribution < -0.4 is 11.5 Å². The summed E-state index contributed by atoms with van der Waals surface area (Å²) in [4.78, 5) is 4.77. The van der Waals surface area contributed by atoms with Gasteiger partial charge in [-0.05, 0) is 62.3 Å². The predicted octanol–water partition coefficient (Wildman–Crippen LogP) is 2.71. The van der Waals surface area contributed by atoms with Crippen molar-refractivity contribution in [2.75, 3.05) is 0 Å². The number of nitrogens with two attached hydrogens (primary N) is 2. The molecule has 0 bridgehead atoms. The highest BCUT2D eigenvalue weighted by atomic mass is 15.3. The molecule has 5 nitrogen and oxygen atoms in total. The van der Waals surface area contributed by atoms with Crippen molar-refractivity contribution in [1.29, 1.82) is 0 Å². The zero-order valence-electron chi connectivity index (χ0n) is 14.4. The van der Waals surface area contributed by atoms with Gasteiger partial charge in [-0.2, -0.15) is 5.10 Å². The molecule has 1 atom stereocenters. The van der Waals surface area contributed by atoms with E-state index in [-0.39, 0.29) is 5.96 Å². The lowest BCUT2D eigenvalue weighted by molar-refractivity contribution is 0.671. The van der Waals surface area contributed by atoms with Gasteiger partial charge in [-0.1, -0.05) is 24.3 Å². The fraction of sp³-hybridized carbons (Fsp3) is 0.316. The lowest BCUT2D eigenvalue weighted by atomic mass is 9.78. The minimum atomic E-state index is -0.0280. The van der Waals surface area contributed by atoms with E-state index in [1.807, 2.05) is 6.92 Å². The molecule has 1 heterocycles. The third-order valence-corrected chi connectivity index (χ3v) is 4.50. The fourth-order valence-electron chi connectivity index (χ4n) is 3.57. The van der Waals surface area contributed by atoms with Crippen molar-refractivity contribution < 1.29 is 0 Å². The van der Waals surface area contributed by atoms with Crippen molar-refractivity contribution in [1.82, 2.24) is 4.98 Å². The van der Waals surface area contributed by atoms with Gasteiger partial charge in [0.25, 0.3) is 0 Å². The third-order valence-electron chi connectivity index (χ3n) is 4.50. The number of hydrogen-bond donors (Lipinski definition) is 2. The first-order valence-corrected chi connectivity index (χ1v) is 8.14. The number of rotatable bonds is 2. The van der Waals surface area contributed by atoms with Crippen LogP contribution in [0, 0.1) is 20.8 Å². The Hall–Kier alpha value is -2.69. The Kier molecular flexibility index (Phi) is 4.34. The van der Waals surface area contributed by atoms with Crippen LogP contribution in [0.1, 0.15) is 46.0 Å². The number of benzene rings is 1. The average molecular weight is 321 g/mol. The molecular weight excluding hydrogens is 298 g/mol. The molecule has 0 amide bonds. The second kappa shape index (κ2) is 6.43. The van der Waals surface area contributed by atoms with E-state index in [4.69, 9.17) is 16.5 Å². The molecule has 0 radical (unpaired) electrons. The summed E-state index contributed by atoms with van der Waals surface area (Å²) in [5, 5.41) is 8.23. The summed E-state index contributed by atoms with van der Waals surface area (Å²) in [5.74, 6) is 0.306. The van der Waals surface area contributed by atoms with Gasteiger partial charge in [0.2, 0.25) is 5.96 Å². The van der Waals surface area contributed by atoms with Crippen LogP contribution in [-0.4, -0.2) is 16.7 Å². The quantitative estimate of drug-likeness (QED) is 0.506. The zero-order valence-corrected chi connectivity index (χ0v) is 14.4. The van der Waals surface area contributed by atoms with Crippen molar-refractivity contribution in [3.8, 4) is 0 Å². The van der Waals surface area contributed by atoms with Crippen LogP contribution in [0.25, 0.3) is 0 Å². The van der Waals surface area contributed by atoms with Crippen LogP contribution in [0.4, 0.5) is 0 Å². The third kappa shape index (κ3) is 3.15. The molecule has 0 aliphatic heterocycles. The summed E-state index contributed by atoms with van der Waals surface area (Å²) < 4.78 is 0. The Labute approximate surface area is 142 Å². The maximum atomic E-state index is 5.47. The number of fused-ring (bicyclic) bond motifs is 1. The summed E-state index contributed by atoms with van der Waals surface area (Å²) in [5.41, 5.74) is 18.8. The number of nitrogens with zero attached hydrogens (tertiary/aromatic N) is 3. The van der Waals surface area contributed by atoms with Crippen LogP contribution >= 0.6 is 0 Å². The molecule has 0 spiro atoms. The number of aryl methyl sites for hydroxylation is 3. The zero-order chi connectivity index (χ0) is 17.3. The van der Waals surface area contributed by atoms with E-state index in [9.17, 15) is 0 Å². The number of pyridine rings is 1. The van der Waals surface area contributed by atoms with Gasteiger partial charge in [0.1, 0.15) is 0 Å². The van der Waals surface area contributed by atoms with Gasteiger partial charge in [0.15, 0.2) is 0 Å². The lowest BCUT2D eigenvalue weighted by Crippen LogP contribution is -2.24. The lowest BCUT2D eigenvalue weighted by Gasteiger charge is -2.27. The van der Waals surface area contributed by atoms with E-state index in [2.05, 4.69) is 54.4 Å². The van der Waals surface area contributed by atoms with E-state index < -0.39 is 0 Å². The van der Waals surface area contributed by atoms with E-state index in [0.29, 0.717) is 5.92 Å². The van der Waals surface area contributed by atoms with E-state index in [1.54, 1.807) is 0 Å². The number of aromatic nitrogens is 1. The monoisotopic (exact) mass is 321 g/mol. The Morgan fingerprint density at radius 1 is 1.08 bits per heavy atom. The minimum absolute atomic E-state index is 0.0280. The van der Waals surface area contributed by atoms with Crippen LogP contribution in [0.5, 0.6) is 0 Å². The van der Waals surface area contributed by atoms with Gasteiger partial charge in [0, 0.05) is 11.3 Å². The molecule has 4 N–H and O–H groups in total. The van der Waals surface area contributed by atoms with Crippen LogP contribution in [0.3, 0.4) is 0 Å². The van der Waals surface area contributed by atoms with Gasteiger partial charge in [-0.15, -0.1) is 5.10 Å². The molecule has 0 fully saturated rings. The van der Waals surface area contributed by atoms with Gasteiger partial charge in [0.05, 0.1) is 11.4 Å². The molecule has 3 rings (SSSR count). The first-order chi connectivity index (χ1) is 11.5. The summed E-state index contributed by atoms with van der Waals surface area (Å²) >= 11 is 0. The van der Waals surface area contributed by atoms with Crippen molar-refractivity contribution in [3.63, 3.8) is 0 Å². The maximum Gasteiger partial charge on any atom is 0.211 e. The molecule has 0 saturated carbocycles. The summed E-state index contributed by atoms with van der Waals surface area (Å²) in [6.07, 6.45) is 1.71. The molecule has 1 aliphatic carbocycles. The Morgan fingerprint density at radius 3 is 2.54 bits per heavy atom. The number of guanidine groups is 1. The Bertz CT molecular complexity index is 832. The standard InChI is InChI=1S/C19H23N5/c1-11-6-4-5-7-15(11)14-9-16-18(12(2)8-13(3)22-16)17(10-14)23-24-19(20)21/h4-8,14H,9-10H2,1-3H3,(H4,20,21,24). The van der Waals surface area contributed by atoms with Crippen molar-refractivity contribution >= 4 is 11.7 Å². The topological polar surface area (TPSA) is 89.6 Å². The first kappa shape index (κ1) is 16.2. The molecule has 5 heteroatoms. The second-order valence-corrected chi connectivity index (χ2v) is 6.44. The Morgan fingerprint density at radius 2 is 1.83 bits per heavy atom. The molecule has 1 aromatic carbocycles. The Balaban J connectivity index is 2.12. The molecule has 124 valence electrons. The summed E-state index contributed by atoms with van der Waals surface area (Å²) in [6, 6.07) is 10.6. The SMILES string of the molecule is Cc1cc(C)c2c(n1)CC(c1ccccc1C)CC2=NN=C(N)N. The van der Waals surface area contributed by atoms with Crippen LogP contribution in [0.2, 0.25) is 0 Å². The largest absolute Gasteiger partial charge is 0.369 e. The number of hydrogen-bond acceptors (Lipinski definition) is 3. The van der Waals surface area contributed by atoms with Crippen LogP contribution in [-0.2, 0) is 6.42 Å². The van der Waals surface area contributed by atoms with Crippen molar-refractivity contribution in [2.24, 2.45) is 21.7 Å². The average Bonchev–Trinajstić information content (AvgIpc) is 2.52. The normalized spacial score (nSPS) is 18.3. The van der Waals surface area contributed by atoms with E-state index in [0.717, 1.165) is 35.5 Å². The molecule has 1 aliphatic rings. The van der Waals surface area contributed by atoms with Gasteiger partial charge in [-0.25, -0.2) is 0 Å². The van der Waals surface area contributed by atoms with Crippen molar-refractivity contribution in [3.05, 3.63) is 64.0 Å². The predicted molar refractivity (Wildman–Crippen MR) is 98.3 cm³/mol. The molecule has 2 aromatic rings. The smallest absolute Gasteiger partial charge is 0.211 e. The van der Waals surface area contributed by atoms with Gasteiger partial charge < -0.3 is 11.5 Å². The van der Waals surface area contributed by atoms with Gasteiger partial charge in [-0.3, -0.25) is 4.98 Å². The molecular formula is C19H23N5. The molecule has 24 heavy (non-hydrogen) atoms. The second-order valence-electron chi connectivity index (χ2n) is 6.44. The van der Waals surface area contributed by atoms with Crippen LogP contribution in [0.15, 0.2) is 40.5 Å². The maximum absolute atomic E-state index is 5.47. The van der Waals surface area contributed by atoms with Gasteiger partial charge >= 0.3 is 0 Å². The molecule has 1 aromatic heterocycles. The highest BCUT2D eigenvalue weighted by molar-refractivity contribution is 6.04. The molecule has 1 unspecified atom stereocenters. The fourth-order valence-corrected chi connectivity index (χ4v) is 3.57. The first-order valence-electron chi connectivity index (χ1n) is 8.14. The minimum Gasteiger partial charge on any atom is -0.369 e. The summed E-state index contributed by atoms with van der Waals surface area (Å²) in [6.45, 7) is 6.26. The van der Waals surface area contributed by atoms with E-state index >= 15 is 0 Å². The highest BCUT2D eigenvalue weighted by Gasteiger charge is 2.28. The molecule has 0 saturated heterocycles.